The van der Waals surface area contributed by atoms with Crippen LogP contribution < -0.4 is 5.32 Å². The van der Waals surface area contributed by atoms with Gasteiger partial charge >= 0.3 is 0 Å². The Morgan fingerprint density at radius 2 is 1.81 bits per heavy atom. The summed E-state index contributed by atoms with van der Waals surface area (Å²) in [6.07, 6.45) is 0.349. The highest BCUT2D eigenvalue weighted by Gasteiger charge is 2.09. The number of anilines is 1. The van der Waals surface area contributed by atoms with Crippen LogP contribution in [0.1, 0.15) is 15.2 Å². The minimum Gasteiger partial charge on any atom is -0.349 e. The molecule has 2 aromatic rings. The second kappa shape index (κ2) is 6.74. The first-order valence-corrected chi connectivity index (χ1v) is 7.51. The fourth-order valence-electron chi connectivity index (χ4n) is 1.67. The zero-order chi connectivity index (χ0) is 15.4. The van der Waals surface area contributed by atoms with Gasteiger partial charge in [-0.05, 0) is 29.8 Å². The van der Waals surface area contributed by atoms with Crippen molar-refractivity contribution >= 4 is 40.4 Å². The topological polar surface area (TPSA) is 49.4 Å². The summed E-state index contributed by atoms with van der Waals surface area (Å²) < 4.78 is 0.581. The van der Waals surface area contributed by atoms with E-state index in [1.54, 1.807) is 43.3 Å². The molecule has 0 radical (unpaired) electrons. The summed E-state index contributed by atoms with van der Waals surface area (Å²) in [5.74, 6) is -0.149. The van der Waals surface area contributed by atoms with E-state index in [-0.39, 0.29) is 11.8 Å². The Morgan fingerprint density at radius 1 is 1.14 bits per heavy atom. The molecule has 0 saturated carbocycles. The maximum atomic E-state index is 12.0. The van der Waals surface area contributed by atoms with E-state index < -0.39 is 0 Å². The highest BCUT2D eigenvalue weighted by atomic mass is 35.5. The fourth-order valence-corrected chi connectivity index (χ4v) is 2.61. The monoisotopic (exact) mass is 322 g/mol. The molecule has 4 nitrogen and oxygen atoms in total. The number of carbonyl (C=O) groups excluding carboxylic acids is 2. The van der Waals surface area contributed by atoms with Crippen molar-refractivity contribution in [1.29, 1.82) is 0 Å². The first-order chi connectivity index (χ1) is 9.95. The average molecular weight is 323 g/mol. The number of hydrogen-bond donors (Lipinski definition) is 1. The number of thiophene rings is 1. The lowest BCUT2D eigenvalue weighted by atomic mass is 10.1. The molecule has 1 aromatic carbocycles. The molecule has 1 aromatic heterocycles. The molecule has 6 heteroatoms. The van der Waals surface area contributed by atoms with Crippen molar-refractivity contribution in [1.82, 2.24) is 4.90 Å². The zero-order valence-electron chi connectivity index (χ0n) is 11.7. The summed E-state index contributed by atoms with van der Waals surface area (Å²) in [6, 6.07) is 10.6. The van der Waals surface area contributed by atoms with Gasteiger partial charge in [-0.3, -0.25) is 9.59 Å². The molecule has 0 fully saturated rings. The predicted molar refractivity (Wildman–Crippen MR) is 86.1 cm³/mol. The Labute approximate surface area is 132 Å². The van der Waals surface area contributed by atoms with E-state index in [9.17, 15) is 9.59 Å². The van der Waals surface area contributed by atoms with Crippen LogP contribution in [0.5, 0.6) is 0 Å². The maximum absolute atomic E-state index is 12.0. The molecule has 0 spiro atoms. The molecule has 0 bridgehead atoms. The summed E-state index contributed by atoms with van der Waals surface area (Å²) in [5.41, 5.74) is 1.59. The lowest BCUT2D eigenvalue weighted by Crippen LogP contribution is -2.23. The molecular formula is C15H15ClN2O2S. The number of rotatable bonds is 4. The SMILES string of the molecule is CN(C)C(=O)Cc1ccc(NC(=O)c2ccc(Cl)s2)cc1. The summed E-state index contributed by atoms with van der Waals surface area (Å²) in [4.78, 5) is 25.7. The Kier molecular flexibility index (Phi) is 4.98. The summed E-state index contributed by atoms with van der Waals surface area (Å²) >= 11 is 7.04. The Morgan fingerprint density at radius 3 is 2.33 bits per heavy atom. The van der Waals surface area contributed by atoms with Gasteiger partial charge in [-0.25, -0.2) is 0 Å². The largest absolute Gasteiger partial charge is 0.349 e. The smallest absolute Gasteiger partial charge is 0.265 e. The summed E-state index contributed by atoms with van der Waals surface area (Å²) in [5, 5.41) is 2.79. The van der Waals surface area contributed by atoms with Gasteiger partial charge < -0.3 is 10.2 Å². The molecule has 0 saturated heterocycles. The molecular weight excluding hydrogens is 308 g/mol. The minimum absolute atomic E-state index is 0.0417. The Balaban J connectivity index is 1.99. The highest BCUT2D eigenvalue weighted by molar-refractivity contribution is 7.18. The van der Waals surface area contributed by atoms with E-state index in [0.29, 0.717) is 21.3 Å². The van der Waals surface area contributed by atoms with Crippen molar-refractivity contribution in [3.63, 3.8) is 0 Å². The molecule has 0 aliphatic rings. The van der Waals surface area contributed by atoms with E-state index in [1.807, 2.05) is 12.1 Å². The average Bonchev–Trinajstić information content (AvgIpc) is 2.87. The first-order valence-electron chi connectivity index (χ1n) is 6.31. The van der Waals surface area contributed by atoms with Crippen molar-refractivity contribution in [2.45, 2.75) is 6.42 Å². The van der Waals surface area contributed by atoms with Gasteiger partial charge in [0.25, 0.3) is 5.91 Å². The highest BCUT2D eigenvalue weighted by Crippen LogP contribution is 2.22. The molecule has 0 aliphatic heterocycles. The van der Waals surface area contributed by atoms with Crippen LogP contribution in [0.15, 0.2) is 36.4 Å². The Hall–Kier alpha value is -1.85. The number of amides is 2. The number of likely N-dealkylation sites (N-methyl/N-ethyl adjacent to an activating group) is 1. The molecule has 0 unspecified atom stereocenters. The quantitative estimate of drug-likeness (QED) is 0.939. The third-order valence-electron chi connectivity index (χ3n) is 2.86. The van der Waals surface area contributed by atoms with Crippen molar-refractivity contribution in [2.75, 3.05) is 19.4 Å². The van der Waals surface area contributed by atoms with Gasteiger partial charge in [0.15, 0.2) is 0 Å². The standard InChI is InChI=1S/C15H15ClN2O2S/c1-18(2)14(19)9-10-3-5-11(6-4-10)17-15(20)12-7-8-13(16)21-12/h3-8H,9H2,1-2H3,(H,17,20). The predicted octanol–water partition coefficient (Wildman–Crippen LogP) is 3.28. The number of carbonyl (C=O) groups is 2. The van der Waals surface area contributed by atoms with Gasteiger partial charge in [-0.1, -0.05) is 23.7 Å². The summed E-state index contributed by atoms with van der Waals surface area (Å²) in [6.45, 7) is 0. The third-order valence-corrected chi connectivity index (χ3v) is 4.09. The van der Waals surface area contributed by atoms with Crippen LogP contribution in [-0.2, 0) is 11.2 Å². The molecule has 0 aliphatic carbocycles. The number of hydrogen-bond acceptors (Lipinski definition) is 3. The van der Waals surface area contributed by atoms with Crippen LogP contribution in [0.25, 0.3) is 0 Å². The number of halogens is 1. The van der Waals surface area contributed by atoms with Crippen LogP contribution >= 0.6 is 22.9 Å². The number of nitrogens with zero attached hydrogens (tertiary/aromatic N) is 1. The van der Waals surface area contributed by atoms with Gasteiger partial charge in [-0.2, -0.15) is 0 Å². The van der Waals surface area contributed by atoms with E-state index in [2.05, 4.69) is 5.32 Å². The van der Waals surface area contributed by atoms with Crippen molar-refractivity contribution in [2.24, 2.45) is 0 Å². The molecule has 2 amide bonds. The summed E-state index contributed by atoms with van der Waals surface area (Å²) in [7, 11) is 3.45. The van der Waals surface area contributed by atoms with Crippen LogP contribution in [-0.4, -0.2) is 30.8 Å². The Bertz CT molecular complexity index is 650. The number of benzene rings is 1. The lowest BCUT2D eigenvalue weighted by Gasteiger charge is -2.10. The molecule has 0 atom stereocenters. The lowest BCUT2D eigenvalue weighted by molar-refractivity contribution is -0.127. The van der Waals surface area contributed by atoms with Crippen molar-refractivity contribution in [3.8, 4) is 0 Å². The van der Waals surface area contributed by atoms with Gasteiger partial charge in [0.05, 0.1) is 15.6 Å². The third kappa shape index (κ3) is 4.31. The molecule has 2 rings (SSSR count). The normalized spacial score (nSPS) is 10.2. The van der Waals surface area contributed by atoms with Crippen molar-refractivity contribution < 1.29 is 9.59 Å². The van der Waals surface area contributed by atoms with Crippen LogP contribution in [0.2, 0.25) is 4.34 Å². The van der Waals surface area contributed by atoms with Crippen LogP contribution in [0.3, 0.4) is 0 Å². The molecule has 1 heterocycles. The zero-order valence-corrected chi connectivity index (χ0v) is 13.3. The maximum Gasteiger partial charge on any atom is 0.265 e. The van der Waals surface area contributed by atoms with Crippen LogP contribution in [0.4, 0.5) is 5.69 Å². The molecule has 1 N–H and O–H groups in total. The van der Waals surface area contributed by atoms with Gasteiger partial charge in [0, 0.05) is 19.8 Å². The van der Waals surface area contributed by atoms with E-state index in [0.717, 1.165) is 5.56 Å². The second-order valence-corrected chi connectivity index (χ2v) is 6.43. The number of nitrogens with one attached hydrogen (secondary N) is 1. The van der Waals surface area contributed by atoms with Gasteiger partial charge in [0.2, 0.25) is 5.91 Å². The first kappa shape index (κ1) is 15.5. The van der Waals surface area contributed by atoms with Crippen molar-refractivity contribution in [3.05, 3.63) is 51.2 Å². The van der Waals surface area contributed by atoms with E-state index in [1.165, 1.54) is 11.3 Å². The fraction of sp³-hybridized carbons (Fsp3) is 0.200. The van der Waals surface area contributed by atoms with E-state index in [4.69, 9.17) is 11.6 Å². The van der Waals surface area contributed by atoms with Crippen LogP contribution in [0, 0.1) is 0 Å². The second-order valence-electron chi connectivity index (χ2n) is 4.72. The van der Waals surface area contributed by atoms with Gasteiger partial charge in [-0.15, -0.1) is 11.3 Å². The van der Waals surface area contributed by atoms with E-state index >= 15 is 0 Å². The minimum atomic E-state index is -0.191. The van der Waals surface area contributed by atoms with Gasteiger partial charge in [0.1, 0.15) is 0 Å². The molecule has 110 valence electrons. The molecule has 21 heavy (non-hydrogen) atoms.